The fourth-order valence-corrected chi connectivity index (χ4v) is 2.69. The number of hydrogen-bond donors (Lipinski definition) is 1. The second-order valence-corrected chi connectivity index (χ2v) is 4.66. The minimum Gasteiger partial charge on any atom is -0.369 e. The molecule has 1 aromatic heterocycles. The number of hydrogen-bond acceptors (Lipinski definition) is 3. The molecule has 0 amide bonds. The zero-order valence-electron chi connectivity index (χ0n) is 10.8. The normalized spacial score (nSPS) is 29.2. The number of nitrogens with one attached hydrogen (secondary N) is 1. The summed E-state index contributed by atoms with van der Waals surface area (Å²) in [5.41, 5.74) is 0.906. The lowest BCUT2D eigenvalue weighted by atomic mass is 9.83. The zero-order valence-corrected chi connectivity index (χ0v) is 10.8. The van der Waals surface area contributed by atoms with E-state index in [0.29, 0.717) is 6.04 Å². The van der Waals surface area contributed by atoms with Crippen molar-refractivity contribution in [3.05, 3.63) is 30.1 Å². The molecule has 0 bridgehead atoms. The Morgan fingerprint density at radius 3 is 3.00 bits per heavy atom. The molecule has 17 heavy (non-hydrogen) atoms. The van der Waals surface area contributed by atoms with Gasteiger partial charge >= 0.3 is 0 Å². The lowest BCUT2D eigenvalue weighted by Crippen LogP contribution is -2.48. The fraction of sp³-hybridized carbons (Fsp3) is 0.643. The van der Waals surface area contributed by atoms with E-state index in [1.54, 1.807) is 0 Å². The molecule has 94 valence electrons. The maximum Gasteiger partial charge on any atom is 0.113 e. The van der Waals surface area contributed by atoms with Crippen molar-refractivity contribution < 1.29 is 4.74 Å². The van der Waals surface area contributed by atoms with Crippen LogP contribution in [0.1, 0.15) is 38.8 Å². The van der Waals surface area contributed by atoms with Gasteiger partial charge in [0.05, 0.1) is 5.69 Å². The van der Waals surface area contributed by atoms with E-state index in [9.17, 15) is 0 Å². The van der Waals surface area contributed by atoms with Crippen LogP contribution >= 0.6 is 0 Å². The van der Waals surface area contributed by atoms with Crippen LogP contribution in [-0.2, 0) is 10.3 Å². The Bertz CT molecular complexity index is 337. The number of nitrogens with zero attached hydrogens (tertiary/aromatic N) is 1. The van der Waals surface area contributed by atoms with Crippen molar-refractivity contribution in [1.29, 1.82) is 0 Å². The van der Waals surface area contributed by atoms with Gasteiger partial charge in [0.1, 0.15) is 5.60 Å². The number of rotatable bonds is 4. The van der Waals surface area contributed by atoms with Crippen molar-refractivity contribution in [3.63, 3.8) is 0 Å². The molecule has 3 heteroatoms. The molecule has 2 unspecified atom stereocenters. The van der Waals surface area contributed by atoms with E-state index >= 15 is 0 Å². The molecule has 1 aliphatic heterocycles. The second kappa shape index (κ2) is 5.61. The van der Waals surface area contributed by atoms with Crippen molar-refractivity contribution in [2.24, 2.45) is 0 Å². The Hall–Kier alpha value is -0.930. The first-order chi connectivity index (χ1) is 8.30. The minimum absolute atomic E-state index is 0.179. The van der Waals surface area contributed by atoms with Crippen molar-refractivity contribution in [1.82, 2.24) is 10.3 Å². The van der Waals surface area contributed by atoms with Crippen LogP contribution in [0.15, 0.2) is 24.4 Å². The third-order valence-corrected chi connectivity index (χ3v) is 3.58. The molecule has 1 fully saturated rings. The van der Waals surface area contributed by atoms with Gasteiger partial charge in [0.15, 0.2) is 0 Å². The van der Waals surface area contributed by atoms with Crippen LogP contribution in [0.2, 0.25) is 0 Å². The number of ether oxygens (including phenoxy) is 1. The molecule has 2 atom stereocenters. The molecule has 2 rings (SSSR count). The van der Waals surface area contributed by atoms with E-state index in [1.807, 2.05) is 18.3 Å². The van der Waals surface area contributed by atoms with Gasteiger partial charge in [-0.3, -0.25) is 4.98 Å². The highest BCUT2D eigenvalue weighted by Gasteiger charge is 2.39. The predicted molar refractivity (Wildman–Crippen MR) is 68.9 cm³/mol. The van der Waals surface area contributed by atoms with E-state index in [0.717, 1.165) is 38.1 Å². The van der Waals surface area contributed by atoms with Gasteiger partial charge in [0, 0.05) is 18.8 Å². The Morgan fingerprint density at radius 1 is 1.47 bits per heavy atom. The molecule has 2 heterocycles. The first-order valence-corrected chi connectivity index (χ1v) is 6.59. The van der Waals surface area contributed by atoms with Gasteiger partial charge in [-0.2, -0.15) is 0 Å². The number of piperidine rings is 1. The molecule has 1 N–H and O–H groups in total. The molecular weight excluding hydrogens is 212 g/mol. The maximum atomic E-state index is 6.09. The van der Waals surface area contributed by atoms with Gasteiger partial charge in [-0.05, 0) is 44.9 Å². The van der Waals surface area contributed by atoms with Crippen LogP contribution in [0.25, 0.3) is 0 Å². The van der Waals surface area contributed by atoms with E-state index in [-0.39, 0.29) is 5.60 Å². The number of pyridine rings is 1. The van der Waals surface area contributed by atoms with Crippen LogP contribution in [-0.4, -0.2) is 24.2 Å². The minimum atomic E-state index is -0.179. The molecule has 0 aromatic carbocycles. The summed E-state index contributed by atoms with van der Waals surface area (Å²) < 4.78 is 6.09. The highest BCUT2D eigenvalue weighted by atomic mass is 16.5. The Balaban J connectivity index is 2.25. The maximum absolute atomic E-state index is 6.09. The summed E-state index contributed by atoms with van der Waals surface area (Å²) in [4.78, 5) is 4.51. The fourth-order valence-electron chi connectivity index (χ4n) is 2.69. The Kier molecular flexibility index (Phi) is 4.13. The Labute approximate surface area is 104 Å². The second-order valence-electron chi connectivity index (χ2n) is 4.66. The first-order valence-electron chi connectivity index (χ1n) is 6.59. The summed E-state index contributed by atoms with van der Waals surface area (Å²) in [5, 5.41) is 3.54. The summed E-state index contributed by atoms with van der Waals surface area (Å²) in [6.45, 7) is 6.04. The van der Waals surface area contributed by atoms with Gasteiger partial charge in [-0.1, -0.05) is 13.0 Å². The molecule has 0 saturated carbocycles. The molecule has 1 saturated heterocycles. The van der Waals surface area contributed by atoms with E-state index < -0.39 is 0 Å². The molecule has 3 nitrogen and oxygen atoms in total. The third kappa shape index (κ3) is 2.67. The SMILES string of the molecule is CCOC1(c2ccccn2)CCNC(CC)C1. The summed E-state index contributed by atoms with van der Waals surface area (Å²) in [6.07, 6.45) is 5.03. The zero-order chi connectivity index (χ0) is 12.1. The quantitative estimate of drug-likeness (QED) is 0.869. The molecule has 0 spiro atoms. The first kappa shape index (κ1) is 12.5. The predicted octanol–water partition coefficient (Wildman–Crippen LogP) is 2.48. The number of aromatic nitrogens is 1. The molecule has 1 aliphatic rings. The lowest BCUT2D eigenvalue weighted by Gasteiger charge is -2.40. The average molecular weight is 234 g/mol. The lowest BCUT2D eigenvalue weighted by molar-refractivity contribution is -0.0786. The highest BCUT2D eigenvalue weighted by Crippen LogP contribution is 2.36. The van der Waals surface area contributed by atoms with Crippen molar-refractivity contribution in [2.45, 2.75) is 44.8 Å². The summed E-state index contributed by atoms with van der Waals surface area (Å²) in [7, 11) is 0. The average Bonchev–Trinajstić information content (AvgIpc) is 2.40. The van der Waals surface area contributed by atoms with Crippen LogP contribution in [0.4, 0.5) is 0 Å². The van der Waals surface area contributed by atoms with E-state index in [4.69, 9.17) is 4.74 Å². The summed E-state index contributed by atoms with van der Waals surface area (Å²) in [6, 6.07) is 6.64. The standard InChI is InChI=1S/C14H22N2O/c1-3-12-11-14(17-4-2,8-10-15-12)13-7-5-6-9-16-13/h5-7,9,12,15H,3-4,8,10-11H2,1-2H3. The van der Waals surface area contributed by atoms with E-state index in [1.165, 1.54) is 0 Å². The Morgan fingerprint density at radius 2 is 2.35 bits per heavy atom. The van der Waals surface area contributed by atoms with Crippen LogP contribution in [0.5, 0.6) is 0 Å². The van der Waals surface area contributed by atoms with Crippen molar-refractivity contribution in [2.75, 3.05) is 13.2 Å². The highest BCUT2D eigenvalue weighted by molar-refractivity contribution is 5.15. The van der Waals surface area contributed by atoms with Crippen molar-refractivity contribution >= 4 is 0 Å². The summed E-state index contributed by atoms with van der Waals surface area (Å²) in [5.74, 6) is 0. The van der Waals surface area contributed by atoms with Gasteiger partial charge in [0.25, 0.3) is 0 Å². The van der Waals surface area contributed by atoms with Gasteiger partial charge in [-0.15, -0.1) is 0 Å². The van der Waals surface area contributed by atoms with Crippen LogP contribution in [0.3, 0.4) is 0 Å². The monoisotopic (exact) mass is 234 g/mol. The largest absolute Gasteiger partial charge is 0.369 e. The summed E-state index contributed by atoms with van der Waals surface area (Å²) >= 11 is 0. The van der Waals surface area contributed by atoms with Gasteiger partial charge < -0.3 is 10.1 Å². The molecular formula is C14H22N2O. The van der Waals surface area contributed by atoms with E-state index in [2.05, 4.69) is 30.2 Å². The van der Waals surface area contributed by atoms with Gasteiger partial charge in [-0.25, -0.2) is 0 Å². The van der Waals surface area contributed by atoms with Crippen LogP contribution < -0.4 is 5.32 Å². The van der Waals surface area contributed by atoms with Crippen LogP contribution in [0, 0.1) is 0 Å². The molecule has 0 radical (unpaired) electrons. The van der Waals surface area contributed by atoms with Gasteiger partial charge in [0.2, 0.25) is 0 Å². The third-order valence-electron chi connectivity index (χ3n) is 3.58. The molecule has 1 aromatic rings. The topological polar surface area (TPSA) is 34.1 Å². The smallest absolute Gasteiger partial charge is 0.113 e. The van der Waals surface area contributed by atoms with Crippen molar-refractivity contribution in [3.8, 4) is 0 Å². The molecule has 0 aliphatic carbocycles.